The molecular formula is C18H24N2O. The van der Waals surface area contributed by atoms with E-state index in [1.807, 2.05) is 6.92 Å². The highest BCUT2D eigenvalue weighted by atomic mass is 16.1. The molecule has 0 atom stereocenters. The van der Waals surface area contributed by atoms with Crippen molar-refractivity contribution in [2.24, 2.45) is 0 Å². The van der Waals surface area contributed by atoms with Gasteiger partial charge in [-0.25, -0.2) is 0 Å². The Balaban J connectivity index is 1.82. The van der Waals surface area contributed by atoms with Crippen LogP contribution in [0.4, 0.5) is 0 Å². The number of hydrogen-bond donors (Lipinski definition) is 2. The third-order valence-corrected chi connectivity index (χ3v) is 4.63. The van der Waals surface area contributed by atoms with Gasteiger partial charge in [-0.2, -0.15) is 0 Å². The van der Waals surface area contributed by atoms with Gasteiger partial charge in [0.15, 0.2) is 0 Å². The summed E-state index contributed by atoms with van der Waals surface area (Å²) in [6, 6.07) is 6.63. The quantitative estimate of drug-likeness (QED) is 0.796. The fourth-order valence-corrected chi connectivity index (χ4v) is 3.36. The van der Waals surface area contributed by atoms with Crippen LogP contribution in [0, 0.1) is 13.8 Å². The molecule has 1 aromatic heterocycles. The summed E-state index contributed by atoms with van der Waals surface area (Å²) in [6.45, 7) is 4.09. The van der Waals surface area contributed by atoms with Crippen molar-refractivity contribution in [3.8, 4) is 0 Å². The largest absolute Gasteiger partial charge is 0.350 e. The SMILES string of the molecule is Cc1ccc2c(C)c(C(=O)NC3CCCCCC3)[nH]c2c1. The highest BCUT2D eigenvalue weighted by Gasteiger charge is 2.19. The van der Waals surface area contributed by atoms with Gasteiger partial charge in [-0.05, 0) is 43.9 Å². The molecule has 0 spiro atoms. The molecule has 1 heterocycles. The number of aromatic amines is 1. The molecule has 0 saturated heterocycles. The van der Waals surface area contributed by atoms with Gasteiger partial charge < -0.3 is 10.3 Å². The lowest BCUT2D eigenvalue weighted by Gasteiger charge is -2.15. The van der Waals surface area contributed by atoms with Crippen molar-refractivity contribution in [1.82, 2.24) is 10.3 Å². The number of fused-ring (bicyclic) bond motifs is 1. The van der Waals surface area contributed by atoms with Crippen LogP contribution in [-0.2, 0) is 0 Å². The Morgan fingerprint density at radius 2 is 1.86 bits per heavy atom. The Kier molecular flexibility index (Phi) is 4.00. The maximum absolute atomic E-state index is 12.6. The first-order valence-electron chi connectivity index (χ1n) is 8.05. The third kappa shape index (κ3) is 2.97. The van der Waals surface area contributed by atoms with Crippen LogP contribution < -0.4 is 5.32 Å². The zero-order valence-electron chi connectivity index (χ0n) is 13.0. The summed E-state index contributed by atoms with van der Waals surface area (Å²) < 4.78 is 0. The van der Waals surface area contributed by atoms with Crippen LogP contribution in [-0.4, -0.2) is 16.9 Å². The van der Waals surface area contributed by atoms with E-state index >= 15 is 0 Å². The first kappa shape index (κ1) is 14.2. The van der Waals surface area contributed by atoms with Gasteiger partial charge in [0.1, 0.15) is 5.69 Å². The van der Waals surface area contributed by atoms with Gasteiger partial charge in [0.25, 0.3) is 5.91 Å². The van der Waals surface area contributed by atoms with Crippen LogP contribution >= 0.6 is 0 Å². The number of carbonyl (C=O) groups excluding carboxylic acids is 1. The van der Waals surface area contributed by atoms with Crippen LogP contribution in [0.2, 0.25) is 0 Å². The minimum absolute atomic E-state index is 0.0493. The molecule has 0 aliphatic heterocycles. The Bertz CT molecular complexity index is 649. The zero-order chi connectivity index (χ0) is 14.8. The predicted molar refractivity (Wildman–Crippen MR) is 86.7 cm³/mol. The summed E-state index contributed by atoms with van der Waals surface area (Å²) in [6.07, 6.45) is 7.30. The summed E-state index contributed by atoms with van der Waals surface area (Å²) in [5.74, 6) is 0.0493. The number of aryl methyl sites for hydroxylation is 2. The molecule has 3 heteroatoms. The van der Waals surface area contributed by atoms with Crippen molar-refractivity contribution in [2.45, 2.75) is 58.4 Å². The average Bonchev–Trinajstić information content (AvgIpc) is 2.64. The van der Waals surface area contributed by atoms with Crippen molar-refractivity contribution in [1.29, 1.82) is 0 Å². The number of H-pyrrole nitrogens is 1. The second-order valence-corrected chi connectivity index (χ2v) is 6.34. The van der Waals surface area contributed by atoms with Crippen LogP contribution in [0.15, 0.2) is 18.2 Å². The predicted octanol–water partition coefficient (Wildman–Crippen LogP) is 4.24. The lowest BCUT2D eigenvalue weighted by molar-refractivity contribution is 0.0928. The molecule has 1 aliphatic rings. The molecule has 21 heavy (non-hydrogen) atoms. The van der Waals surface area contributed by atoms with Crippen LogP contribution in [0.25, 0.3) is 10.9 Å². The van der Waals surface area contributed by atoms with E-state index in [4.69, 9.17) is 0 Å². The van der Waals surface area contributed by atoms with Crippen LogP contribution in [0.3, 0.4) is 0 Å². The fraction of sp³-hybridized carbons (Fsp3) is 0.500. The first-order chi connectivity index (χ1) is 10.1. The second-order valence-electron chi connectivity index (χ2n) is 6.34. The van der Waals surface area contributed by atoms with E-state index in [1.165, 1.54) is 31.2 Å². The fourth-order valence-electron chi connectivity index (χ4n) is 3.36. The highest BCUT2D eigenvalue weighted by Crippen LogP contribution is 2.23. The monoisotopic (exact) mass is 284 g/mol. The van der Waals surface area contributed by atoms with Crippen molar-refractivity contribution >= 4 is 16.8 Å². The van der Waals surface area contributed by atoms with Gasteiger partial charge in [-0.3, -0.25) is 4.79 Å². The second kappa shape index (κ2) is 5.92. The number of carbonyl (C=O) groups is 1. The van der Waals surface area contributed by atoms with Crippen molar-refractivity contribution < 1.29 is 4.79 Å². The van der Waals surface area contributed by atoms with Gasteiger partial charge in [0, 0.05) is 16.9 Å². The number of benzene rings is 1. The molecule has 112 valence electrons. The molecule has 1 fully saturated rings. The molecule has 2 aromatic rings. The van der Waals surface area contributed by atoms with E-state index in [2.05, 4.69) is 35.4 Å². The van der Waals surface area contributed by atoms with E-state index in [-0.39, 0.29) is 5.91 Å². The van der Waals surface area contributed by atoms with Crippen molar-refractivity contribution in [2.75, 3.05) is 0 Å². The summed E-state index contributed by atoms with van der Waals surface area (Å²) in [7, 11) is 0. The molecule has 0 unspecified atom stereocenters. The summed E-state index contributed by atoms with van der Waals surface area (Å²) >= 11 is 0. The number of hydrogen-bond acceptors (Lipinski definition) is 1. The lowest BCUT2D eigenvalue weighted by Crippen LogP contribution is -2.34. The molecule has 1 aromatic carbocycles. The minimum Gasteiger partial charge on any atom is -0.350 e. The van der Waals surface area contributed by atoms with E-state index in [9.17, 15) is 4.79 Å². The number of rotatable bonds is 2. The van der Waals surface area contributed by atoms with Crippen molar-refractivity contribution in [3.05, 3.63) is 35.0 Å². The third-order valence-electron chi connectivity index (χ3n) is 4.63. The van der Waals surface area contributed by atoms with Crippen LogP contribution in [0.1, 0.15) is 60.1 Å². The molecule has 0 radical (unpaired) electrons. The van der Waals surface area contributed by atoms with Gasteiger partial charge in [0.2, 0.25) is 0 Å². The summed E-state index contributed by atoms with van der Waals surface area (Å²) in [5, 5.41) is 4.37. The van der Waals surface area contributed by atoms with Gasteiger partial charge >= 0.3 is 0 Å². The average molecular weight is 284 g/mol. The number of amides is 1. The van der Waals surface area contributed by atoms with Gasteiger partial charge in [-0.1, -0.05) is 37.8 Å². The topological polar surface area (TPSA) is 44.9 Å². The Hall–Kier alpha value is -1.77. The maximum Gasteiger partial charge on any atom is 0.268 e. The first-order valence-corrected chi connectivity index (χ1v) is 8.05. The summed E-state index contributed by atoms with van der Waals surface area (Å²) in [5.41, 5.74) is 4.04. The van der Waals surface area contributed by atoms with Gasteiger partial charge in [-0.15, -0.1) is 0 Å². The molecule has 1 amide bonds. The molecule has 0 bridgehead atoms. The maximum atomic E-state index is 12.6. The Morgan fingerprint density at radius 3 is 2.57 bits per heavy atom. The highest BCUT2D eigenvalue weighted by molar-refractivity contribution is 6.01. The Labute approximate surface area is 126 Å². The van der Waals surface area contributed by atoms with E-state index in [1.54, 1.807) is 0 Å². The molecule has 1 saturated carbocycles. The molecule has 3 nitrogen and oxygen atoms in total. The van der Waals surface area contributed by atoms with E-state index in [0.29, 0.717) is 6.04 Å². The van der Waals surface area contributed by atoms with Gasteiger partial charge in [0.05, 0.1) is 0 Å². The van der Waals surface area contributed by atoms with Crippen molar-refractivity contribution in [3.63, 3.8) is 0 Å². The number of nitrogens with one attached hydrogen (secondary N) is 2. The van der Waals surface area contributed by atoms with E-state index < -0.39 is 0 Å². The summed E-state index contributed by atoms with van der Waals surface area (Å²) in [4.78, 5) is 15.9. The molecule has 3 rings (SSSR count). The zero-order valence-corrected chi connectivity index (χ0v) is 13.0. The number of aromatic nitrogens is 1. The van der Waals surface area contributed by atoms with Crippen LogP contribution in [0.5, 0.6) is 0 Å². The minimum atomic E-state index is 0.0493. The molecular weight excluding hydrogens is 260 g/mol. The molecule has 2 N–H and O–H groups in total. The Morgan fingerprint density at radius 1 is 1.14 bits per heavy atom. The normalized spacial score (nSPS) is 16.9. The lowest BCUT2D eigenvalue weighted by atomic mass is 10.1. The smallest absolute Gasteiger partial charge is 0.268 e. The van der Waals surface area contributed by atoms with E-state index in [0.717, 1.165) is 35.0 Å². The molecule has 1 aliphatic carbocycles. The standard InChI is InChI=1S/C18H24N2O/c1-12-9-10-15-13(2)17(20-16(15)11-12)18(21)19-14-7-5-3-4-6-8-14/h9-11,14,20H,3-8H2,1-2H3,(H,19,21).